The molecule has 0 saturated heterocycles. The summed E-state index contributed by atoms with van der Waals surface area (Å²) in [7, 11) is 8.90. The van der Waals surface area contributed by atoms with Crippen molar-refractivity contribution in [3.05, 3.63) is 107 Å². The van der Waals surface area contributed by atoms with Gasteiger partial charge in [-0.05, 0) is 67.4 Å². The average molecular weight is 455 g/mol. The lowest BCUT2D eigenvalue weighted by Crippen LogP contribution is -2.30. The lowest BCUT2D eigenvalue weighted by atomic mass is 9.66. The molecule has 0 aliphatic rings. The monoisotopic (exact) mass is 455 g/mol. The zero-order valence-electron chi connectivity index (χ0n) is 19.5. The molecule has 0 aromatic heterocycles. The van der Waals surface area contributed by atoms with Gasteiger partial charge in [-0.2, -0.15) is 6.32 Å². The van der Waals surface area contributed by atoms with Gasteiger partial charge in [0, 0.05) is 5.41 Å². The highest BCUT2D eigenvalue weighted by Gasteiger charge is 2.36. The van der Waals surface area contributed by atoms with Crippen molar-refractivity contribution >= 4 is 7.85 Å². The molecule has 0 saturated carbocycles. The van der Waals surface area contributed by atoms with Gasteiger partial charge in [-0.25, -0.2) is 13.2 Å². The van der Waals surface area contributed by atoms with Gasteiger partial charge in [0.25, 0.3) is 0 Å². The third-order valence-electron chi connectivity index (χ3n) is 5.00. The number of rotatable bonds is 8. The maximum Gasteiger partial charge on any atom is 0.123 e. The van der Waals surface area contributed by atoms with Crippen LogP contribution in [0.15, 0.2) is 72.8 Å². The standard InChI is InChI=1S/C24H25BF3.C4H12N/c25-14-3-1-2-13-24(18-7-4-10-21(26)15-18,19-8-5-11-22(27)16-19)20-9-6-12-23(28)17-20;1-5(2,3)4/h4-12,15-17H,1-3,13-14H2,25H3;1-4H3/q-1;+1. The van der Waals surface area contributed by atoms with Crippen LogP contribution in [-0.2, 0) is 5.41 Å². The first-order chi connectivity index (χ1) is 15.6. The highest BCUT2D eigenvalue weighted by atomic mass is 19.1. The molecule has 0 aliphatic heterocycles. The van der Waals surface area contributed by atoms with Crippen LogP contribution in [0.3, 0.4) is 0 Å². The summed E-state index contributed by atoms with van der Waals surface area (Å²) >= 11 is 0. The van der Waals surface area contributed by atoms with Crippen molar-refractivity contribution in [3.8, 4) is 0 Å². The molecule has 0 atom stereocenters. The lowest BCUT2D eigenvalue weighted by Gasteiger charge is -2.36. The minimum atomic E-state index is -0.799. The van der Waals surface area contributed by atoms with Crippen molar-refractivity contribution in [1.82, 2.24) is 0 Å². The van der Waals surface area contributed by atoms with Crippen LogP contribution in [0.5, 0.6) is 0 Å². The molecule has 3 aromatic carbocycles. The van der Waals surface area contributed by atoms with Crippen LogP contribution in [0.4, 0.5) is 13.2 Å². The Hall–Kier alpha value is -2.53. The van der Waals surface area contributed by atoms with Crippen LogP contribution in [0.1, 0.15) is 42.4 Å². The van der Waals surface area contributed by atoms with Crippen LogP contribution in [0.2, 0.25) is 6.32 Å². The van der Waals surface area contributed by atoms with Gasteiger partial charge in [-0.3, -0.25) is 0 Å². The Kier molecular flexibility index (Phi) is 9.78. The second kappa shape index (κ2) is 12.1. The number of nitrogens with zero attached hydrogens (tertiary/aromatic N) is 1. The molecule has 178 valence electrons. The second-order valence-corrected chi connectivity index (χ2v) is 9.43. The molecule has 0 fully saturated rings. The van der Waals surface area contributed by atoms with Gasteiger partial charge in [0.05, 0.1) is 28.2 Å². The molecule has 0 spiro atoms. The number of hydrogen-bond acceptors (Lipinski definition) is 0. The predicted molar refractivity (Wildman–Crippen MR) is 136 cm³/mol. The third-order valence-corrected chi connectivity index (χ3v) is 5.00. The van der Waals surface area contributed by atoms with Gasteiger partial charge >= 0.3 is 0 Å². The SMILES string of the molecule is C[N+](C)(C)C.[BH3-]CCCCCC(c1cccc(F)c1)(c1cccc(F)c1)c1cccc(F)c1. The predicted octanol–water partition coefficient (Wildman–Crippen LogP) is 6.10. The number of hydrogen-bond donors (Lipinski definition) is 0. The molecule has 3 aromatic rings. The first kappa shape index (κ1) is 26.7. The van der Waals surface area contributed by atoms with E-state index in [4.69, 9.17) is 0 Å². The molecular formula is C28H37BF3N. The minimum absolute atomic E-state index is 0.348. The Morgan fingerprint density at radius 3 is 1.30 bits per heavy atom. The van der Waals surface area contributed by atoms with Crippen LogP contribution < -0.4 is 0 Å². The zero-order chi connectivity index (χ0) is 24.5. The molecular weight excluding hydrogens is 418 g/mol. The van der Waals surface area contributed by atoms with Crippen LogP contribution in [-0.4, -0.2) is 40.5 Å². The van der Waals surface area contributed by atoms with E-state index >= 15 is 0 Å². The Morgan fingerprint density at radius 1 is 0.636 bits per heavy atom. The van der Waals surface area contributed by atoms with Gasteiger partial charge in [0.2, 0.25) is 0 Å². The van der Waals surface area contributed by atoms with Gasteiger partial charge in [-0.15, -0.1) is 0 Å². The Bertz CT molecular complexity index is 897. The molecule has 0 radical (unpaired) electrons. The minimum Gasteiger partial charge on any atom is -0.333 e. The lowest BCUT2D eigenvalue weighted by molar-refractivity contribution is -0.849. The molecule has 1 nitrogen and oxygen atoms in total. The maximum absolute atomic E-state index is 14.2. The third kappa shape index (κ3) is 8.08. The Labute approximate surface area is 198 Å². The van der Waals surface area contributed by atoms with E-state index in [-0.39, 0.29) is 17.5 Å². The van der Waals surface area contributed by atoms with E-state index in [1.807, 2.05) is 18.2 Å². The normalized spacial score (nSPS) is 11.6. The van der Waals surface area contributed by atoms with E-state index in [9.17, 15) is 13.2 Å². The first-order valence-electron chi connectivity index (χ1n) is 10.9. The molecule has 0 unspecified atom stereocenters. The molecule has 0 aliphatic carbocycles. The van der Waals surface area contributed by atoms with Crippen molar-refractivity contribution in [2.45, 2.75) is 37.4 Å². The summed E-state index contributed by atoms with van der Waals surface area (Å²) in [4.78, 5) is 0. The van der Waals surface area contributed by atoms with Gasteiger partial charge in [0.15, 0.2) is 0 Å². The smallest absolute Gasteiger partial charge is 0.123 e. The topological polar surface area (TPSA) is 0 Å². The van der Waals surface area contributed by atoms with E-state index in [0.717, 1.165) is 34.0 Å². The van der Waals surface area contributed by atoms with E-state index in [0.29, 0.717) is 14.3 Å². The molecule has 3 rings (SSSR count). The fourth-order valence-corrected chi connectivity index (χ4v) is 3.76. The molecule has 0 bridgehead atoms. The first-order valence-corrected chi connectivity index (χ1v) is 10.9. The Balaban J connectivity index is 0.000000696. The number of unbranched alkanes of at least 4 members (excludes halogenated alkanes) is 2. The fraction of sp³-hybridized carbons (Fsp3) is 0.357. The number of quaternary nitrogens is 1. The number of halogens is 3. The van der Waals surface area contributed by atoms with E-state index in [1.54, 1.807) is 18.2 Å². The van der Waals surface area contributed by atoms with E-state index in [2.05, 4.69) is 28.2 Å². The average Bonchev–Trinajstić information content (AvgIpc) is 2.73. The highest BCUT2D eigenvalue weighted by molar-refractivity contribution is 6.08. The number of benzene rings is 3. The molecule has 0 heterocycles. The van der Waals surface area contributed by atoms with Crippen molar-refractivity contribution in [3.63, 3.8) is 0 Å². The van der Waals surface area contributed by atoms with Gasteiger partial charge < -0.3 is 4.48 Å². The van der Waals surface area contributed by atoms with E-state index < -0.39 is 5.41 Å². The largest absolute Gasteiger partial charge is 0.333 e. The van der Waals surface area contributed by atoms with Gasteiger partial charge in [0.1, 0.15) is 17.5 Å². The summed E-state index contributed by atoms with van der Waals surface area (Å²) in [6.45, 7) is 0. The Morgan fingerprint density at radius 2 is 1.00 bits per heavy atom. The zero-order valence-corrected chi connectivity index (χ0v) is 19.5. The molecule has 0 N–H and O–H groups in total. The summed E-state index contributed by atoms with van der Waals surface area (Å²) in [6.07, 6.45) is 5.20. The van der Waals surface area contributed by atoms with Crippen LogP contribution >= 0.6 is 0 Å². The fourth-order valence-electron chi connectivity index (χ4n) is 3.76. The highest BCUT2D eigenvalue weighted by Crippen LogP contribution is 2.44. The maximum atomic E-state index is 14.2. The van der Waals surface area contributed by atoms with Crippen LogP contribution in [0, 0.1) is 17.5 Å². The van der Waals surface area contributed by atoms with Crippen molar-refractivity contribution in [2.24, 2.45) is 0 Å². The van der Waals surface area contributed by atoms with Crippen molar-refractivity contribution in [1.29, 1.82) is 0 Å². The molecule has 33 heavy (non-hydrogen) atoms. The van der Waals surface area contributed by atoms with Crippen molar-refractivity contribution in [2.75, 3.05) is 28.2 Å². The van der Waals surface area contributed by atoms with Gasteiger partial charge in [-0.1, -0.05) is 55.7 Å². The summed E-state index contributed by atoms with van der Waals surface area (Å²) in [5.74, 6) is -1.04. The summed E-state index contributed by atoms with van der Waals surface area (Å²) < 4.78 is 43.6. The molecule has 5 heteroatoms. The van der Waals surface area contributed by atoms with E-state index in [1.165, 1.54) is 49.1 Å². The van der Waals surface area contributed by atoms with Crippen molar-refractivity contribution < 1.29 is 17.7 Å². The second-order valence-electron chi connectivity index (χ2n) is 9.43. The quantitative estimate of drug-likeness (QED) is 0.167. The summed E-state index contributed by atoms with van der Waals surface area (Å²) in [5, 5.41) is 0. The molecule has 0 amide bonds. The summed E-state index contributed by atoms with van der Waals surface area (Å²) in [5.41, 5.74) is 1.37. The summed E-state index contributed by atoms with van der Waals surface area (Å²) in [6, 6.07) is 19.3. The van der Waals surface area contributed by atoms with Crippen LogP contribution in [0.25, 0.3) is 0 Å².